The van der Waals surface area contributed by atoms with Gasteiger partial charge < -0.3 is 4.74 Å². The zero-order chi connectivity index (χ0) is 12.1. The van der Waals surface area contributed by atoms with Crippen molar-refractivity contribution in [1.29, 1.82) is 0 Å². The molecule has 0 saturated heterocycles. The second kappa shape index (κ2) is 3.19. The molecule has 0 unspecified atom stereocenters. The number of Topliss-reactive ketones (excluding diaryl/α,β-unsaturated/α-hetero) is 1. The number of carbonyl (C=O) groups excluding carboxylic acids is 2. The van der Waals surface area contributed by atoms with Gasteiger partial charge in [-0.2, -0.15) is 0 Å². The number of fused-ring (bicyclic) bond motifs is 2. The van der Waals surface area contributed by atoms with E-state index in [1.165, 1.54) is 0 Å². The smallest absolute Gasteiger partial charge is 0.317 e. The second-order valence-corrected chi connectivity index (χ2v) is 5.40. The Morgan fingerprint density at radius 1 is 1.44 bits per heavy atom. The highest BCUT2D eigenvalue weighted by Crippen LogP contribution is 2.62. The van der Waals surface area contributed by atoms with Crippen LogP contribution in [0.4, 0.5) is 0 Å². The maximum Gasteiger partial charge on any atom is 0.317 e. The lowest BCUT2D eigenvalue weighted by molar-refractivity contribution is -0.152. The van der Waals surface area contributed by atoms with E-state index < -0.39 is 11.3 Å². The summed E-state index contributed by atoms with van der Waals surface area (Å²) in [6.45, 7) is 8.11. The Kier molecular flexibility index (Phi) is 2.26. The van der Waals surface area contributed by atoms with E-state index in [0.717, 1.165) is 0 Å². The number of ketones is 1. The van der Waals surface area contributed by atoms with Gasteiger partial charge in [-0.05, 0) is 19.3 Å². The lowest BCUT2D eigenvalue weighted by atomic mass is 9.70. The molecular weight excluding hydrogens is 204 g/mol. The van der Waals surface area contributed by atoms with Gasteiger partial charge in [-0.3, -0.25) is 9.59 Å². The molecule has 3 atom stereocenters. The van der Waals surface area contributed by atoms with E-state index in [4.69, 9.17) is 4.74 Å². The molecule has 0 amide bonds. The van der Waals surface area contributed by atoms with E-state index in [-0.39, 0.29) is 23.1 Å². The maximum absolute atomic E-state index is 12.3. The minimum Gasteiger partial charge on any atom is -0.465 e. The van der Waals surface area contributed by atoms with Crippen LogP contribution in [0.25, 0.3) is 0 Å². The summed E-state index contributed by atoms with van der Waals surface area (Å²) in [4.78, 5) is 24.1. The Balaban J connectivity index is 2.37. The van der Waals surface area contributed by atoms with Crippen LogP contribution >= 0.6 is 0 Å². The predicted octanol–water partition coefficient (Wildman–Crippen LogP) is 1.97. The quantitative estimate of drug-likeness (QED) is 0.407. The highest BCUT2D eigenvalue weighted by Gasteiger charge is 2.65. The van der Waals surface area contributed by atoms with Gasteiger partial charge in [0, 0.05) is 5.92 Å². The molecule has 0 N–H and O–H groups in total. The first-order valence-corrected chi connectivity index (χ1v) is 5.76. The van der Waals surface area contributed by atoms with Crippen LogP contribution in [0.1, 0.15) is 27.7 Å². The lowest BCUT2D eigenvalue weighted by Crippen LogP contribution is -2.34. The fourth-order valence-electron chi connectivity index (χ4n) is 3.00. The van der Waals surface area contributed by atoms with Crippen LogP contribution in [0.2, 0.25) is 0 Å². The van der Waals surface area contributed by atoms with Gasteiger partial charge in [-0.15, -0.1) is 0 Å². The number of rotatable bonds is 2. The van der Waals surface area contributed by atoms with Gasteiger partial charge in [0.2, 0.25) is 0 Å². The fraction of sp³-hybridized carbons (Fsp3) is 0.692. The summed E-state index contributed by atoms with van der Waals surface area (Å²) < 4.78 is 4.99. The van der Waals surface area contributed by atoms with E-state index in [0.29, 0.717) is 6.61 Å². The fourth-order valence-corrected chi connectivity index (χ4v) is 3.00. The molecule has 0 aromatic rings. The third kappa shape index (κ3) is 1.09. The summed E-state index contributed by atoms with van der Waals surface area (Å²) in [6.07, 6.45) is 3.96. The molecule has 2 bridgehead atoms. The summed E-state index contributed by atoms with van der Waals surface area (Å²) in [5.41, 5.74) is -0.684. The normalized spacial score (nSPS) is 39.1. The summed E-state index contributed by atoms with van der Waals surface area (Å²) in [6, 6.07) is 0. The minimum atomic E-state index is -0.593. The molecule has 0 aromatic heterocycles. The van der Waals surface area contributed by atoms with E-state index in [2.05, 4.69) is 13.8 Å². The topological polar surface area (TPSA) is 43.4 Å². The van der Waals surface area contributed by atoms with Crippen molar-refractivity contribution in [2.45, 2.75) is 27.7 Å². The Bertz CT molecular complexity index is 381. The Morgan fingerprint density at radius 2 is 2.06 bits per heavy atom. The Labute approximate surface area is 95.9 Å². The maximum atomic E-state index is 12.3. The van der Waals surface area contributed by atoms with Gasteiger partial charge >= 0.3 is 5.97 Å². The first-order chi connectivity index (χ1) is 7.36. The molecule has 0 aromatic carbocycles. The molecule has 0 radical (unpaired) electrons. The molecule has 3 heteroatoms. The van der Waals surface area contributed by atoms with Crippen LogP contribution in [0, 0.1) is 22.7 Å². The van der Waals surface area contributed by atoms with Crippen LogP contribution in [0.5, 0.6) is 0 Å². The van der Waals surface area contributed by atoms with Crippen molar-refractivity contribution in [2.75, 3.05) is 6.61 Å². The largest absolute Gasteiger partial charge is 0.465 e. The standard InChI is InChI=1S/C13H18O3/c1-5-16-11(15)9-8-6-7-13(4,10(9)14)12(8,2)3/h6-9H,5H2,1-4H3/t8-,9+,13-/m1/s1. The molecule has 1 fully saturated rings. The van der Waals surface area contributed by atoms with E-state index >= 15 is 0 Å². The minimum absolute atomic E-state index is 0.0101. The SMILES string of the molecule is CCOC(=O)[C@@H]1C(=O)[C@@]2(C)C=C[C@H]1C2(C)C. The van der Waals surface area contributed by atoms with Crippen LogP contribution in [-0.2, 0) is 14.3 Å². The molecule has 3 nitrogen and oxygen atoms in total. The van der Waals surface area contributed by atoms with Crippen molar-refractivity contribution >= 4 is 11.8 Å². The van der Waals surface area contributed by atoms with E-state index in [1.807, 2.05) is 19.1 Å². The highest BCUT2D eigenvalue weighted by atomic mass is 16.5. The van der Waals surface area contributed by atoms with Gasteiger partial charge in [0.15, 0.2) is 5.78 Å². The van der Waals surface area contributed by atoms with Crippen LogP contribution in [-0.4, -0.2) is 18.4 Å². The summed E-state index contributed by atoms with van der Waals surface area (Å²) in [7, 11) is 0. The van der Waals surface area contributed by atoms with E-state index in [9.17, 15) is 9.59 Å². The summed E-state index contributed by atoms with van der Waals surface area (Å²) in [5, 5.41) is 0. The van der Waals surface area contributed by atoms with Crippen molar-refractivity contribution in [3.05, 3.63) is 12.2 Å². The molecule has 88 valence electrons. The highest BCUT2D eigenvalue weighted by molar-refractivity contribution is 6.07. The van der Waals surface area contributed by atoms with Crippen LogP contribution in [0.3, 0.4) is 0 Å². The summed E-state index contributed by atoms with van der Waals surface area (Å²) in [5.74, 6) is -0.948. The average molecular weight is 222 g/mol. The molecule has 0 heterocycles. The second-order valence-electron chi connectivity index (χ2n) is 5.40. The zero-order valence-electron chi connectivity index (χ0n) is 10.2. The number of esters is 1. The monoisotopic (exact) mass is 222 g/mol. The number of hydrogen-bond acceptors (Lipinski definition) is 3. The van der Waals surface area contributed by atoms with Crippen molar-refractivity contribution < 1.29 is 14.3 Å². The van der Waals surface area contributed by atoms with Crippen molar-refractivity contribution in [1.82, 2.24) is 0 Å². The number of carbonyl (C=O) groups is 2. The van der Waals surface area contributed by atoms with Gasteiger partial charge in [-0.1, -0.05) is 26.0 Å². The van der Waals surface area contributed by atoms with Gasteiger partial charge in [0.1, 0.15) is 5.92 Å². The molecule has 0 spiro atoms. The van der Waals surface area contributed by atoms with Gasteiger partial charge in [-0.25, -0.2) is 0 Å². The number of hydrogen-bond donors (Lipinski definition) is 0. The molecule has 16 heavy (non-hydrogen) atoms. The number of ether oxygens (including phenoxy) is 1. The van der Waals surface area contributed by atoms with Crippen LogP contribution in [0.15, 0.2) is 12.2 Å². The Morgan fingerprint density at radius 3 is 2.50 bits per heavy atom. The molecule has 2 rings (SSSR count). The zero-order valence-corrected chi connectivity index (χ0v) is 10.2. The van der Waals surface area contributed by atoms with Crippen molar-refractivity contribution in [3.63, 3.8) is 0 Å². The average Bonchev–Trinajstić information content (AvgIpc) is 2.50. The first kappa shape index (κ1) is 11.4. The molecule has 2 aliphatic rings. The lowest BCUT2D eigenvalue weighted by Gasteiger charge is -2.31. The Hall–Kier alpha value is -1.12. The molecular formula is C13H18O3. The predicted molar refractivity (Wildman–Crippen MR) is 59.6 cm³/mol. The van der Waals surface area contributed by atoms with Crippen molar-refractivity contribution in [3.8, 4) is 0 Å². The van der Waals surface area contributed by atoms with Gasteiger partial charge in [0.05, 0.1) is 12.0 Å². The first-order valence-electron chi connectivity index (χ1n) is 5.76. The van der Waals surface area contributed by atoms with Crippen LogP contribution < -0.4 is 0 Å². The van der Waals surface area contributed by atoms with Crippen molar-refractivity contribution in [2.24, 2.45) is 22.7 Å². The summed E-state index contributed by atoms with van der Waals surface area (Å²) >= 11 is 0. The molecule has 1 saturated carbocycles. The molecule has 0 aliphatic heterocycles. The number of allylic oxidation sites excluding steroid dienone is 2. The third-order valence-corrected chi connectivity index (χ3v) is 4.50. The molecule has 2 aliphatic carbocycles. The van der Waals surface area contributed by atoms with E-state index in [1.54, 1.807) is 6.92 Å². The third-order valence-electron chi connectivity index (χ3n) is 4.50. The van der Waals surface area contributed by atoms with Gasteiger partial charge in [0.25, 0.3) is 0 Å².